The van der Waals surface area contributed by atoms with Crippen molar-refractivity contribution in [2.75, 3.05) is 45.1 Å². The first kappa shape index (κ1) is 20.3. The quantitative estimate of drug-likeness (QED) is 0.585. The van der Waals surface area contributed by atoms with Crippen LogP contribution < -0.4 is 14.8 Å². The summed E-state index contributed by atoms with van der Waals surface area (Å²) in [6, 6.07) is 5.57. The standard InChI is InChI=1S/C19H25N3O5S/c1-13(2)20-18(24)19(25)22-7-5-21(6-8-22)17(23)12-28-14-3-4-15-16(11-14)27-10-9-26-15/h3-4,11,13H,5-10,12H2,1-2H3,(H,20,24). The normalized spacial score (nSPS) is 16.1. The average Bonchev–Trinajstić information content (AvgIpc) is 2.71. The van der Waals surface area contributed by atoms with Crippen molar-refractivity contribution in [2.24, 2.45) is 0 Å². The summed E-state index contributed by atoms with van der Waals surface area (Å²) in [5.74, 6) is 0.621. The van der Waals surface area contributed by atoms with E-state index < -0.39 is 11.8 Å². The molecular formula is C19H25N3O5S. The van der Waals surface area contributed by atoms with Crippen molar-refractivity contribution >= 4 is 29.5 Å². The second-order valence-electron chi connectivity index (χ2n) is 6.90. The summed E-state index contributed by atoms with van der Waals surface area (Å²) in [5.41, 5.74) is 0. The van der Waals surface area contributed by atoms with Crippen molar-refractivity contribution in [1.82, 2.24) is 15.1 Å². The molecule has 0 saturated carbocycles. The van der Waals surface area contributed by atoms with Crippen LogP contribution in [0.3, 0.4) is 0 Å². The molecule has 1 saturated heterocycles. The van der Waals surface area contributed by atoms with E-state index in [-0.39, 0.29) is 11.9 Å². The van der Waals surface area contributed by atoms with Crippen molar-refractivity contribution in [1.29, 1.82) is 0 Å². The molecule has 9 heteroatoms. The number of ether oxygens (including phenoxy) is 2. The fourth-order valence-corrected chi connectivity index (χ4v) is 3.80. The van der Waals surface area contributed by atoms with Crippen LogP contribution in [0.4, 0.5) is 0 Å². The van der Waals surface area contributed by atoms with Gasteiger partial charge in [-0.1, -0.05) is 0 Å². The number of hydrogen-bond acceptors (Lipinski definition) is 6. The number of amides is 3. The van der Waals surface area contributed by atoms with Crippen molar-refractivity contribution in [2.45, 2.75) is 24.8 Å². The summed E-state index contributed by atoms with van der Waals surface area (Å²) in [7, 11) is 0. The minimum absolute atomic E-state index is 0.0126. The number of thioether (sulfide) groups is 1. The van der Waals surface area contributed by atoms with Crippen LogP contribution in [-0.4, -0.2) is 78.7 Å². The van der Waals surface area contributed by atoms with E-state index in [1.54, 1.807) is 18.7 Å². The molecular weight excluding hydrogens is 382 g/mol. The van der Waals surface area contributed by atoms with Crippen molar-refractivity contribution in [3.05, 3.63) is 18.2 Å². The first-order valence-corrected chi connectivity index (χ1v) is 10.3. The van der Waals surface area contributed by atoms with E-state index in [4.69, 9.17) is 9.47 Å². The molecule has 0 atom stereocenters. The summed E-state index contributed by atoms with van der Waals surface area (Å²) >= 11 is 1.44. The van der Waals surface area contributed by atoms with Gasteiger partial charge < -0.3 is 24.6 Å². The maximum atomic E-state index is 12.5. The van der Waals surface area contributed by atoms with Gasteiger partial charge in [0.2, 0.25) is 5.91 Å². The van der Waals surface area contributed by atoms with Crippen LogP contribution >= 0.6 is 11.8 Å². The van der Waals surface area contributed by atoms with Gasteiger partial charge in [-0.05, 0) is 32.0 Å². The van der Waals surface area contributed by atoms with Crippen LogP contribution in [0.25, 0.3) is 0 Å². The fourth-order valence-electron chi connectivity index (χ4n) is 2.98. The number of hydrogen-bond donors (Lipinski definition) is 1. The highest BCUT2D eigenvalue weighted by molar-refractivity contribution is 8.00. The second kappa shape index (κ2) is 9.18. The Morgan fingerprint density at radius 2 is 1.68 bits per heavy atom. The predicted molar refractivity (Wildman–Crippen MR) is 105 cm³/mol. The fraction of sp³-hybridized carbons (Fsp3) is 0.526. The third kappa shape index (κ3) is 5.09. The molecule has 1 fully saturated rings. The van der Waals surface area contributed by atoms with Gasteiger partial charge >= 0.3 is 11.8 Å². The minimum Gasteiger partial charge on any atom is -0.486 e. The molecule has 1 N–H and O–H groups in total. The first-order chi connectivity index (χ1) is 13.4. The van der Waals surface area contributed by atoms with E-state index in [0.717, 1.165) is 10.6 Å². The number of nitrogens with zero attached hydrogens (tertiary/aromatic N) is 2. The minimum atomic E-state index is -0.594. The molecule has 2 heterocycles. The summed E-state index contributed by atoms with van der Waals surface area (Å²) in [4.78, 5) is 40.6. The molecule has 2 aliphatic rings. The number of carbonyl (C=O) groups is 3. The van der Waals surface area contributed by atoms with Gasteiger partial charge in [-0.15, -0.1) is 11.8 Å². The SMILES string of the molecule is CC(C)NC(=O)C(=O)N1CCN(C(=O)CSc2ccc3c(c2)OCCO3)CC1. The van der Waals surface area contributed by atoms with Crippen molar-refractivity contribution in [3.8, 4) is 11.5 Å². The Bertz CT molecular complexity index is 747. The third-order valence-electron chi connectivity index (χ3n) is 4.41. The van der Waals surface area contributed by atoms with Gasteiger partial charge in [0.1, 0.15) is 13.2 Å². The van der Waals surface area contributed by atoms with Crippen molar-refractivity contribution < 1.29 is 23.9 Å². The zero-order valence-electron chi connectivity index (χ0n) is 16.1. The monoisotopic (exact) mass is 407 g/mol. The molecule has 0 radical (unpaired) electrons. The maximum Gasteiger partial charge on any atom is 0.312 e. The summed E-state index contributed by atoms with van der Waals surface area (Å²) in [6.07, 6.45) is 0. The van der Waals surface area contributed by atoms with Crippen molar-refractivity contribution in [3.63, 3.8) is 0 Å². The van der Waals surface area contributed by atoms with Gasteiger partial charge in [0.15, 0.2) is 11.5 Å². The van der Waals surface area contributed by atoms with Crippen LogP contribution in [0.2, 0.25) is 0 Å². The molecule has 8 nitrogen and oxygen atoms in total. The molecule has 3 rings (SSSR count). The Balaban J connectivity index is 1.45. The van der Waals surface area contributed by atoms with Crippen LogP contribution in [0.5, 0.6) is 11.5 Å². The van der Waals surface area contributed by atoms with Gasteiger partial charge in [-0.3, -0.25) is 14.4 Å². The molecule has 1 aromatic rings. The summed E-state index contributed by atoms with van der Waals surface area (Å²) in [5, 5.41) is 2.60. The number of carbonyl (C=O) groups excluding carboxylic acids is 3. The van der Waals surface area contributed by atoms with Gasteiger partial charge in [-0.25, -0.2) is 0 Å². The summed E-state index contributed by atoms with van der Waals surface area (Å²) in [6.45, 7) is 6.28. The Hall–Kier alpha value is -2.42. The van der Waals surface area contributed by atoms with Crippen LogP contribution in [0.15, 0.2) is 23.1 Å². The highest BCUT2D eigenvalue weighted by Gasteiger charge is 2.28. The lowest BCUT2D eigenvalue weighted by atomic mass is 10.3. The number of fused-ring (bicyclic) bond motifs is 1. The van der Waals surface area contributed by atoms with Gasteiger partial charge in [0.05, 0.1) is 5.75 Å². The molecule has 0 unspecified atom stereocenters. The van der Waals surface area contributed by atoms with E-state index in [1.807, 2.05) is 18.2 Å². The highest BCUT2D eigenvalue weighted by atomic mass is 32.2. The lowest BCUT2D eigenvalue weighted by Gasteiger charge is -2.34. The molecule has 0 bridgehead atoms. The van der Waals surface area contributed by atoms with E-state index >= 15 is 0 Å². The molecule has 0 aromatic heterocycles. The molecule has 28 heavy (non-hydrogen) atoms. The third-order valence-corrected chi connectivity index (χ3v) is 5.39. The van der Waals surface area contributed by atoms with Crippen LogP contribution in [0.1, 0.15) is 13.8 Å². The first-order valence-electron chi connectivity index (χ1n) is 9.34. The smallest absolute Gasteiger partial charge is 0.312 e. The molecule has 1 aromatic carbocycles. The zero-order chi connectivity index (χ0) is 20.1. The van der Waals surface area contributed by atoms with E-state index in [2.05, 4.69) is 5.32 Å². The Labute approximate surface area is 168 Å². The Morgan fingerprint density at radius 1 is 1.04 bits per heavy atom. The van der Waals surface area contributed by atoms with Crippen LogP contribution in [-0.2, 0) is 14.4 Å². The van der Waals surface area contributed by atoms with E-state index in [0.29, 0.717) is 50.9 Å². The Morgan fingerprint density at radius 3 is 2.36 bits per heavy atom. The van der Waals surface area contributed by atoms with E-state index in [9.17, 15) is 14.4 Å². The molecule has 0 spiro atoms. The molecule has 2 aliphatic heterocycles. The number of rotatable bonds is 4. The second-order valence-corrected chi connectivity index (χ2v) is 7.94. The lowest BCUT2D eigenvalue weighted by Crippen LogP contribution is -2.54. The number of nitrogens with one attached hydrogen (secondary N) is 1. The zero-order valence-corrected chi connectivity index (χ0v) is 16.9. The van der Waals surface area contributed by atoms with Gasteiger partial charge in [0, 0.05) is 37.1 Å². The topological polar surface area (TPSA) is 88.2 Å². The van der Waals surface area contributed by atoms with Gasteiger partial charge in [-0.2, -0.15) is 0 Å². The average molecular weight is 407 g/mol. The van der Waals surface area contributed by atoms with Gasteiger partial charge in [0.25, 0.3) is 0 Å². The maximum absolute atomic E-state index is 12.5. The predicted octanol–water partition coefficient (Wildman–Crippen LogP) is 0.745. The summed E-state index contributed by atoms with van der Waals surface area (Å²) < 4.78 is 11.1. The molecule has 3 amide bonds. The molecule has 0 aliphatic carbocycles. The Kier molecular flexibility index (Phi) is 6.66. The molecule has 152 valence electrons. The number of benzene rings is 1. The van der Waals surface area contributed by atoms with Crippen LogP contribution in [0, 0.1) is 0 Å². The number of piperazine rings is 1. The largest absolute Gasteiger partial charge is 0.486 e. The highest BCUT2D eigenvalue weighted by Crippen LogP contribution is 2.34. The van der Waals surface area contributed by atoms with E-state index in [1.165, 1.54) is 16.7 Å². The lowest BCUT2D eigenvalue weighted by molar-refractivity contribution is -0.148.